The van der Waals surface area contributed by atoms with E-state index in [0.29, 0.717) is 11.9 Å². The van der Waals surface area contributed by atoms with Gasteiger partial charge in [0.05, 0.1) is 21.9 Å². The molecule has 1 aromatic heterocycles. The molecular formula is C13H15Cl2N3. The SMILES string of the molecule is CN1CCC(n2c(CCl)nc3cccc(Cl)c32)C1. The van der Waals surface area contributed by atoms with Gasteiger partial charge >= 0.3 is 0 Å². The third-order valence-electron chi connectivity index (χ3n) is 3.59. The topological polar surface area (TPSA) is 21.1 Å². The molecule has 0 amide bonds. The Kier molecular flexibility index (Phi) is 3.22. The maximum absolute atomic E-state index is 6.33. The van der Waals surface area contributed by atoms with Crippen LogP contribution < -0.4 is 0 Å². The van der Waals surface area contributed by atoms with Gasteiger partial charge in [0.2, 0.25) is 0 Å². The second kappa shape index (κ2) is 4.72. The Bertz CT molecular complexity index is 579. The van der Waals surface area contributed by atoms with Gasteiger partial charge in [0.15, 0.2) is 0 Å². The van der Waals surface area contributed by atoms with Crippen molar-refractivity contribution in [1.29, 1.82) is 0 Å². The molecule has 2 aromatic rings. The lowest BCUT2D eigenvalue weighted by Gasteiger charge is -2.16. The molecule has 0 N–H and O–H groups in total. The minimum atomic E-state index is 0.422. The number of likely N-dealkylation sites (N-methyl/N-ethyl adjacent to an activating group) is 1. The fourth-order valence-electron chi connectivity index (χ4n) is 2.76. The first kappa shape index (κ1) is 12.3. The average Bonchev–Trinajstić information content (AvgIpc) is 2.92. The average molecular weight is 284 g/mol. The van der Waals surface area contributed by atoms with Gasteiger partial charge in [-0.15, -0.1) is 11.6 Å². The van der Waals surface area contributed by atoms with Crippen molar-refractivity contribution < 1.29 is 0 Å². The maximum Gasteiger partial charge on any atom is 0.125 e. The minimum Gasteiger partial charge on any atom is -0.321 e. The predicted octanol–water partition coefficient (Wildman–Crippen LogP) is 3.31. The number of benzene rings is 1. The molecule has 18 heavy (non-hydrogen) atoms. The summed E-state index contributed by atoms with van der Waals surface area (Å²) in [5.74, 6) is 1.34. The number of aromatic nitrogens is 2. The van der Waals surface area contributed by atoms with Gasteiger partial charge in [0, 0.05) is 12.6 Å². The summed E-state index contributed by atoms with van der Waals surface area (Å²) in [4.78, 5) is 6.91. The van der Waals surface area contributed by atoms with Gasteiger partial charge in [-0.1, -0.05) is 17.7 Å². The largest absolute Gasteiger partial charge is 0.321 e. The molecule has 1 aromatic carbocycles. The number of imidazole rings is 1. The normalized spacial score (nSPS) is 20.9. The van der Waals surface area contributed by atoms with Crippen molar-refractivity contribution in [3.05, 3.63) is 29.0 Å². The number of likely N-dealkylation sites (tertiary alicyclic amines) is 1. The summed E-state index contributed by atoms with van der Waals surface area (Å²) in [6, 6.07) is 6.26. The van der Waals surface area contributed by atoms with Crippen LogP contribution >= 0.6 is 23.2 Å². The van der Waals surface area contributed by atoms with E-state index in [2.05, 4.69) is 21.5 Å². The van der Waals surface area contributed by atoms with Crippen LogP contribution in [0.25, 0.3) is 11.0 Å². The molecule has 1 saturated heterocycles. The molecule has 3 nitrogen and oxygen atoms in total. The highest BCUT2D eigenvalue weighted by Gasteiger charge is 2.25. The number of halogens is 2. The molecule has 0 spiro atoms. The summed E-state index contributed by atoms with van der Waals surface area (Å²) in [6.45, 7) is 2.14. The highest BCUT2D eigenvalue weighted by atomic mass is 35.5. The third-order valence-corrected chi connectivity index (χ3v) is 4.13. The van der Waals surface area contributed by atoms with Crippen LogP contribution in [0.15, 0.2) is 18.2 Å². The molecule has 1 aliphatic heterocycles. The monoisotopic (exact) mass is 283 g/mol. The van der Waals surface area contributed by atoms with Crippen LogP contribution in [0, 0.1) is 0 Å². The molecular weight excluding hydrogens is 269 g/mol. The number of hydrogen-bond donors (Lipinski definition) is 0. The van der Waals surface area contributed by atoms with E-state index >= 15 is 0 Å². The van der Waals surface area contributed by atoms with Gasteiger partial charge in [-0.3, -0.25) is 0 Å². The Hall–Kier alpha value is -0.770. The first-order chi connectivity index (χ1) is 8.70. The lowest BCUT2D eigenvalue weighted by Crippen LogP contribution is -2.17. The first-order valence-electron chi connectivity index (χ1n) is 6.10. The lowest BCUT2D eigenvalue weighted by atomic mass is 10.2. The van der Waals surface area contributed by atoms with Crippen molar-refractivity contribution in [2.45, 2.75) is 18.3 Å². The van der Waals surface area contributed by atoms with Crippen molar-refractivity contribution in [3.63, 3.8) is 0 Å². The molecule has 1 fully saturated rings. The van der Waals surface area contributed by atoms with E-state index in [0.717, 1.165) is 41.4 Å². The Morgan fingerprint density at radius 3 is 2.94 bits per heavy atom. The standard InChI is InChI=1S/C13H15Cl2N3/c1-17-6-5-9(8-17)18-12(7-14)16-11-4-2-3-10(15)13(11)18/h2-4,9H,5-8H2,1H3. The molecule has 0 radical (unpaired) electrons. The summed E-state index contributed by atoms with van der Waals surface area (Å²) in [6.07, 6.45) is 1.12. The Labute approximate surface area is 116 Å². The number of alkyl halides is 1. The fourth-order valence-corrected chi connectivity index (χ4v) is 3.21. The van der Waals surface area contributed by atoms with E-state index < -0.39 is 0 Å². The van der Waals surface area contributed by atoms with Crippen LogP contribution in [0.4, 0.5) is 0 Å². The maximum atomic E-state index is 6.33. The molecule has 1 unspecified atom stereocenters. The van der Waals surface area contributed by atoms with Gasteiger partial charge in [0.25, 0.3) is 0 Å². The molecule has 3 rings (SSSR count). The summed E-state index contributed by atoms with van der Waals surface area (Å²) in [7, 11) is 2.14. The second-order valence-corrected chi connectivity index (χ2v) is 5.52. The molecule has 1 aliphatic rings. The number of nitrogens with zero attached hydrogens (tertiary/aromatic N) is 3. The highest BCUT2D eigenvalue weighted by molar-refractivity contribution is 6.35. The van der Waals surface area contributed by atoms with Crippen molar-refractivity contribution in [3.8, 4) is 0 Å². The molecule has 0 bridgehead atoms. The zero-order valence-electron chi connectivity index (χ0n) is 10.2. The number of para-hydroxylation sites is 1. The summed E-state index contributed by atoms with van der Waals surface area (Å²) >= 11 is 12.4. The molecule has 2 heterocycles. The fraction of sp³-hybridized carbons (Fsp3) is 0.462. The van der Waals surface area contributed by atoms with E-state index in [1.807, 2.05) is 18.2 Å². The van der Waals surface area contributed by atoms with E-state index in [1.165, 1.54) is 0 Å². The van der Waals surface area contributed by atoms with Crippen LogP contribution in [0.3, 0.4) is 0 Å². The molecule has 0 saturated carbocycles. The van der Waals surface area contributed by atoms with E-state index in [1.54, 1.807) is 0 Å². The first-order valence-corrected chi connectivity index (χ1v) is 7.02. The number of fused-ring (bicyclic) bond motifs is 1. The van der Waals surface area contributed by atoms with Crippen molar-refractivity contribution >= 4 is 34.2 Å². The quantitative estimate of drug-likeness (QED) is 0.789. The lowest BCUT2D eigenvalue weighted by molar-refractivity contribution is 0.393. The van der Waals surface area contributed by atoms with Crippen molar-refractivity contribution in [2.24, 2.45) is 0 Å². The van der Waals surface area contributed by atoms with Crippen molar-refractivity contribution in [1.82, 2.24) is 14.5 Å². The number of hydrogen-bond acceptors (Lipinski definition) is 2. The zero-order chi connectivity index (χ0) is 12.7. The van der Waals surface area contributed by atoms with E-state index in [9.17, 15) is 0 Å². The van der Waals surface area contributed by atoms with Gasteiger partial charge in [-0.2, -0.15) is 0 Å². The second-order valence-electron chi connectivity index (χ2n) is 4.84. The minimum absolute atomic E-state index is 0.422. The zero-order valence-corrected chi connectivity index (χ0v) is 11.7. The highest BCUT2D eigenvalue weighted by Crippen LogP contribution is 2.32. The van der Waals surface area contributed by atoms with E-state index in [4.69, 9.17) is 23.2 Å². The van der Waals surface area contributed by atoms with Crippen LogP contribution in [0.1, 0.15) is 18.3 Å². The van der Waals surface area contributed by atoms with Gasteiger partial charge in [-0.05, 0) is 32.1 Å². The Morgan fingerprint density at radius 2 is 2.28 bits per heavy atom. The summed E-state index contributed by atoms with van der Waals surface area (Å²) in [5.41, 5.74) is 1.96. The predicted molar refractivity (Wildman–Crippen MR) is 75.5 cm³/mol. The van der Waals surface area contributed by atoms with Crippen molar-refractivity contribution in [2.75, 3.05) is 20.1 Å². The third kappa shape index (κ3) is 1.91. The molecule has 0 aliphatic carbocycles. The Balaban J connectivity index is 2.19. The van der Waals surface area contributed by atoms with Gasteiger partial charge < -0.3 is 9.47 Å². The van der Waals surface area contributed by atoms with Crippen LogP contribution in [0.2, 0.25) is 5.02 Å². The van der Waals surface area contributed by atoms with Crippen LogP contribution in [-0.4, -0.2) is 34.6 Å². The molecule has 1 atom stereocenters. The van der Waals surface area contributed by atoms with Crippen LogP contribution in [-0.2, 0) is 5.88 Å². The van der Waals surface area contributed by atoms with Gasteiger partial charge in [-0.25, -0.2) is 4.98 Å². The summed E-state index contributed by atoms with van der Waals surface area (Å²) < 4.78 is 2.23. The molecule has 5 heteroatoms. The molecule has 96 valence electrons. The Morgan fingerprint density at radius 1 is 1.44 bits per heavy atom. The smallest absolute Gasteiger partial charge is 0.125 e. The van der Waals surface area contributed by atoms with E-state index in [-0.39, 0.29) is 0 Å². The number of rotatable bonds is 2. The van der Waals surface area contributed by atoms with Gasteiger partial charge in [0.1, 0.15) is 5.82 Å². The van der Waals surface area contributed by atoms with Crippen LogP contribution in [0.5, 0.6) is 0 Å². The summed E-state index contributed by atoms with van der Waals surface area (Å²) in [5, 5.41) is 0.755.